The van der Waals surface area contributed by atoms with Gasteiger partial charge in [0.15, 0.2) is 0 Å². The average Bonchev–Trinajstić information content (AvgIpc) is 2.89. The van der Waals surface area contributed by atoms with E-state index in [4.69, 9.17) is 0 Å². The van der Waals surface area contributed by atoms with Crippen LogP contribution in [0, 0.1) is 0 Å². The number of fused-ring (bicyclic) bond motifs is 1. The molecule has 0 fully saturated rings. The Bertz CT molecular complexity index is 1230. The summed E-state index contributed by atoms with van der Waals surface area (Å²) < 4.78 is 0. The first-order valence-electron chi connectivity index (χ1n) is 11.6. The molecule has 0 aromatic heterocycles. The maximum absolute atomic E-state index is 14.4. The number of carbonyl (C=O) groups is 2. The molecule has 0 bridgehead atoms. The molecule has 4 nitrogen and oxygen atoms in total. The molecule has 0 saturated carbocycles. The second-order valence-electron chi connectivity index (χ2n) is 8.51. The number of aryl methyl sites for hydroxylation is 1. The molecule has 1 heterocycles. The lowest BCUT2D eigenvalue weighted by atomic mass is 9.88. The SMILES string of the molecule is O=C1Nc2ccccc2N(C(=O)C(c2ccccc2)c2ccccc2)C1CCc1ccccc1. The van der Waals surface area contributed by atoms with Gasteiger partial charge in [-0.15, -0.1) is 0 Å². The third-order valence-corrected chi connectivity index (χ3v) is 6.34. The zero-order valence-electron chi connectivity index (χ0n) is 18.8. The lowest BCUT2D eigenvalue weighted by Crippen LogP contribution is -2.52. The van der Waals surface area contributed by atoms with Gasteiger partial charge in [0.05, 0.1) is 17.3 Å². The minimum Gasteiger partial charge on any atom is -0.322 e. The van der Waals surface area contributed by atoms with E-state index in [1.54, 1.807) is 4.90 Å². The number of benzene rings is 4. The maximum Gasteiger partial charge on any atom is 0.247 e. The molecule has 1 unspecified atom stereocenters. The molecule has 1 N–H and O–H groups in total. The maximum atomic E-state index is 14.4. The predicted octanol–water partition coefficient (Wildman–Crippen LogP) is 5.81. The van der Waals surface area contributed by atoms with Crippen molar-refractivity contribution < 1.29 is 9.59 Å². The smallest absolute Gasteiger partial charge is 0.247 e. The molecule has 5 rings (SSSR count). The van der Waals surface area contributed by atoms with Crippen molar-refractivity contribution in [3.05, 3.63) is 132 Å². The average molecular weight is 447 g/mol. The van der Waals surface area contributed by atoms with Crippen LogP contribution in [-0.2, 0) is 16.0 Å². The molecular formula is C30H26N2O2. The summed E-state index contributed by atoms with van der Waals surface area (Å²) in [7, 11) is 0. The molecule has 4 aromatic rings. The highest BCUT2D eigenvalue weighted by Crippen LogP contribution is 2.37. The van der Waals surface area contributed by atoms with E-state index in [1.165, 1.54) is 0 Å². The number of carbonyl (C=O) groups excluding carboxylic acids is 2. The van der Waals surface area contributed by atoms with E-state index in [-0.39, 0.29) is 11.8 Å². The highest BCUT2D eigenvalue weighted by molar-refractivity contribution is 6.14. The van der Waals surface area contributed by atoms with Crippen LogP contribution in [0.25, 0.3) is 0 Å². The van der Waals surface area contributed by atoms with Gasteiger partial charge in [-0.1, -0.05) is 103 Å². The number of nitrogens with one attached hydrogen (secondary N) is 1. The Hall–Kier alpha value is -4.18. The van der Waals surface area contributed by atoms with Crippen LogP contribution in [0.15, 0.2) is 115 Å². The zero-order valence-corrected chi connectivity index (χ0v) is 18.8. The first kappa shape index (κ1) is 21.7. The summed E-state index contributed by atoms with van der Waals surface area (Å²) in [4.78, 5) is 29.4. The van der Waals surface area contributed by atoms with Crippen LogP contribution in [-0.4, -0.2) is 17.9 Å². The summed E-state index contributed by atoms with van der Waals surface area (Å²) in [6, 6.07) is 36.6. The number of hydrogen-bond donors (Lipinski definition) is 1. The van der Waals surface area contributed by atoms with Gasteiger partial charge in [-0.05, 0) is 41.7 Å². The van der Waals surface area contributed by atoms with Crippen molar-refractivity contribution in [2.24, 2.45) is 0 Å². The molecule has 1 aliphatic heterocycles. The van der Waals surface area contributed by atoms with Gasteiger partial charge in [-0.25, -0.2) is 0 Å². The minimum atomic E-state index is -0.600. The molecule has 1 aliphatic rings. The summed E-state index contributed by atoms with van der Waals surface area (Å²) in [6.45, 7) is 0. The molecule has 0 aliphatic carbocycles. The molecule has 34 heavy (non-hydrogen) atoms. The van der Waals surface area contributed by atoms with Crippen LogP contribution in [0.5, 0.6) is 0 Å². The summed E-state index contributed by atoms with van der Waals surface area (Å²) in [5.74, 6) is -0.763. The highest BCUT2D eigenvalue weighted by atomic mass is 16.2. The van der Waals surface area contributed by atoms with Crippen LogP contribution in [0.4, 0.5) is 11.4 Å². The van der Waals surface area contributed by atoms with Crippen LogP contribution in [0.2, 0.25) is 0 Å². The fourth-order valence-corrected chi connectivity index (χ4v) is 4.68. The summed E-state index contributed by atoms with van der Waals surface area (Å²) in [5.41, 5.74) is 4.36. The van der Waals surface area contributed by atoms with Gasteiger partial charge >= 0.3 is 0 Å². The number of hydrogen-bond acceptors (Lipinski definition) is 2. The first-order chi connectivity index (χ1) is 16.7. The highest BCUT2D eigenvalue weighted by Gasteiger charge is 2.40. The summed E-state index contributed by atoms with van der Waals surface area (Å²) >= 11 is 0. The van der Waals surface area contributed by atoms with Gasteiger partial charge in [0.25, 0.3) is 0 Å². The van der Waals surface area contributed by atoms with E-state index >= 15 is 0 Å². The van der Waals surface area contributed by atoms with Crippen LogP contribution in [0.3, 0.4) is 0 Å². The van der Waals surface area contributed by atoms with Crippen molar-refractivity contribution in [1.29, 1.82) is 0 Å². The summed E-state index contributed by atoms with van der Waals surface area (Å²) in [6.07, 6.45) is 1.23. The molecule has 2 amide bonds. The Balaban J connectivity index is 1.57. The van der Waals surface area contributed by atoms with Crippen molar-refractivity contribution in [2.75, 3.05) is 10.2 Å². The third-order valence-electron chi connectivity index (χ3n) is 6.34. The third kappa shape index (κ3) is 4.35. The number of para-hydroxylation sites is 2. The van der Waals surface area contributed by atoms with Crippen molar-refractivity contribution in [1.82, 2.24) is 0 Å². The molecule has 4 aromatic carbocycles. The van der Waals surface area contributed by atoms with Crippen LogP contribution < -0.4 is 10.2 Å². The lowest BCUT2D eigenvalue weighted by molar-refractivity contribution is -0.124. The molecule has 168 valence electrons. The number of nitrogens with zero attached hydrogens (tertiary/aromatic N) is 1. The Labute approximate surface area is 199 Å². The van der Waals surface area contributed by atoms with Gasteiger partial charge in [0.1, 0.15) is 6.04 Å². The largest absolute Gasteiger partial charge is 0.322 e. The normalized spacial score (nSPS) is 15.0. The van der Waals surface area contributed by atoms with Crippen LogP contribution >= 0.6 is 0 Å². The standard InChI is InChI=1S/C30H26N2O2/c33-29-27(21-20-22-12-4-1-5-13-22)32(26-19-11-10-18-25(26)31-29)30(34)28(23-14-6-2-7-15-23)24-16-8-3-9-17-24/h1-19,27-28H,20-21H2,(H,31,33). The number of amides is 2. The van der Waals surface area contributed by atoms with Gasteiger partial charge in [-0.2, -0.15) is 0 Å². The van der Waals surface area contributed by atoms with Crippen molar-refractivity contribution in [3.8, 4) is 0 Å². The number of rotatable bonds is 6. The molecule has 0 saturated heterocycles. The molecule has 4 heteroatoms. The van der Waals surface area contributed by atoms with Crippen LogP contribution in [0.1, 0.15) is 29.0 Å². The quantitative estimate of drug-likeness (QED) is 0.407. The molecule has 0 spiro atoms. The predicted molar refractivity (Wildman–Crippen MR) is 136 cm³/mol. The molecule has 0 radical (unpaired) electrons. The van der Waals surface area contributed by atoms with E-state index in [2.05, 4.69) is 17.4 Å². The van der Waals surface area contributed by atoms with Gasteiger partial charge in [0.2, 0.25) is 11.8 Å². The van der Waals surface area contributed by atoms with E-state index < -0.39 is 12.0 Å². The number of anilines is 2. The molecular weight excluding hydrogens is 420 g/mol. The second kappa shape index (κ2) is 9.75. The fourth-order valence-electron chi connectivity index (χ4n) is 4.68. The van der Waals surface area contributed by atoms with E-state index in [9.17, 15) is 9.59 Å². The van der Waals surface area contributed by atoms with Gasteiger partial charge in [-0.3, -0.25) is 14.5 Å². The Morgan fingerprint density at radius 3 is 1.88 bits per heavy atom. The zero-order chi connectivity index (χ0) is 23.3. The first-order valence-corrected chi connectivity index (χ1v) is 11.6. The van der Waals surface area contributed by atoms with Gasteiger partial charge < -0.3 is 5.32 Å². The lowest BCUT2D eigenvalue weighted by Gasteiger charge is -2.38. The van der Waals surface area contributed by atoms with E-state index in [0.717, 1.165) is 22.4 Å². The Kier molecular flexibility index (Phi) is 6.21. The summed E-state index contributed by atoms with van der Waals surface area (Å²) in [5, 5.41) is 3.02. The Morgan fingerprint density at radius 2 is 1.26 bits per heavy atom. The fraction of sp³-hybridized carbons (Fsp3) is 0.133. The van der Waals surface area contributed by atoms with E-state index in [1.807, 2.05) is 103 Å². The Morgan fingerprint density at radius 1 is 0.735 bits per heavy atom. The molecule has 1 atom stereocenters. The van der Waals surface area contributed by atoms with E-state index in [0.29, 0.717) is 18.5 Å². The second-order valence-corrected chi connectivity index (χ2v) is 8.51. The van der Waals surface area contributed by atoms with Crippen molar-refractivity contribution in [2.45, 2.75) is 24.8 Å². The van der Waals surface area contributed by atoms with Crippen molar-refractivity contribution >= 4 is 23.2 Å². The minimum absolute atomic E-state index is 0.0993. The van der Waals surface area contributed by atoms with Crippen molar-refractivity contribution in [3.63, 3.8) is 0 Å². The van der Waals surface area contributed by atoms with Gasteiger partial charge in [0, 0.05) is 0 Å². The monoisotopic (exact) mass is 446 g/mol. The topological polar surface area (TPSA) is 49.4 Å².